The maximum atomic E-state index is 11.1. The van der Waals surface area contributed by atoms with E-state index < -0.39 is 0 Å². The number of hydrogen-bond donors (Lipinski definition) is 1. The molecule has 1 heterocycles. The minimum Gasteiger partial charge on any atom is -0.450 e. The molecule has 1 aliphatic heterocycles. The first kappa shape index (κ1) is 10.4. The summed E-state index contributed by atoms with van der Waals surface area (Å²) in [5.74, 6) is -0.249. The Morgan fingerprint density at radius 2 is 2.54 bits per heavy atom. The van der Waals surface area contributed by atoms with Crippen LogP contribution in [0.4, 0.5) is 0 Å². The number of rotatable bonds is 2. The van der Waals surface area contributed by atoms with E-state index in [1.165, 1.54) is 7.11 Å². The monoisotopic (exact) mass is 204 g/mol. The van der Waals surface area contributed by atoms with Crippen molar-refractivity contribution in [2.24, 2.45) is 5.16 Å². The van der Waals surface area contributed by atoms with Crippen LogP contribution in [0, 0.1) is 0 Å². The van der Waals surface area contributed by atoms with Crippen LogP contribution in [0.15, 0.2) is 5.16 Å². The molecule has 0 aromatic heterocycles. The molecule has 0 amide bonds. The summed E-state index contributed by atoms with van der Waals surface area (Å²) in [6.45, 7) is 0.582. The van der Waals surface area contributed by atoms with Gasteiger partial charge in [-0.25, -0.2) is 0 Å². The average Bonchev–Trinajstić information content (AvgIpc) is 2.18. The lowest BCUT2D eigenvalue weighted by Gasteiger charge is -2.21. The van der Waals surface area contributed by atoms with Gasteiger partial charge in [0.25, 0.3) is 0 Å². The Morgan fingerprint density at radius 1 is 1.77 bits per heavy atom. The summed E-state index contributed by atoms with van der Waals surface area (Å²) in [7, 11) is 3.46. The topological polar surface area (TPSA) is 59.9 Å². The Kier molecular flexibility index (Phi) is 4.12. The summed E-state index contributed by atoms with van der Waals surface area (Å²) in [6, 6.07) is -0.215. The van der Waals surface area contributed by atoms with Gasteiger partial charge in [0.1, 0.15) is 13.2 Å². The third-order valence-electron chi connectivity index (χ3n) is 1.90. The van der Waals surface area contributed by atoms with Crippen molar-refractivity contribution in [1.29, 1.82) is 0 Å². The Morgan fingerprint density at radius 3 is 3.00 bits per heavy atom. The van der Waals surface area contributed by atoms with Crippen molar-refractivity contribution in [3.63, 3.8) is 0 Å². The molecule has 0 radical (unpaired) electrons. The molecule has 0 bridgehead atoms. The Labute approximate surface area is 79.1 Å². The molecule has 0 aromatic rings. The molecule has 1 rings (SSSR count). The van der Waals surface area contributed by atoms with E-state index >= 15 is 0 Å². The normalized spacial score (nSPS) is 25.7. The van der Waals surface area contributed by atoms with Gasteiger partial charge in [0.15, 0.2) is 0 Å². The molecule has 1 N–H and O–H groups in total. The Hall–Kier alpha value is -0.670. The van der Waals surface area contributed by atoms with Gasteiger partial charge >= 0.3 is 5.97 Å². The van der Waals surface area contributed by atoms with Crippen molar-refractivity contribution in [1.82, 2.24) is 5.32 Å². The molecule has 0 spiro atoms. The first-order chi connectivity index (χ1) is 6.27. The van der Waals surface area contributed by atoms with Crippen LogP contribution in [0.5, 0.6) is 0 Å². The van der Waals surface area contributed by atoms with E-state index in [1.807, 2.05) is 9.47 Å². The van der Waals surface area contributed by atoms with Crippen molar-refractivity contribution in [3.8, 4) is 0 Å². The van der Waals surface area contributed by atoms with Crippen LogP contribution in [0.2, 0.25) is 0 Å². The van der Waals surface area contributed by atoms with Crippen LogP contribution in [0.1, 0.15) is 12.8 Å². The van der Waals surface area contributed by atoms with Crippen molar-refractivity contribution in [2.45, 2.75) is 18.9 Å². The molecule has 0 saturated carbocycles. The largest absolute Gasteiger partial charge is 0.450 e. The second-order valence-electron chi connectivity index (χ2n) is 2.75. The molecule has 0 aromatic carbocycles. The van der Waals surface area contributed by atoms with Crippen LogP contribution < -0.4 is 5.32 Å². The fraction of sp³-hybridized carbons (Fsp3) is 0.714. The molecule has 6 heteroatoms. The lowest BCUT2D eigenvalue weighted by molar-refractivity contribution is -0.135. The molecule has 1 fully saturated rings. The summed E-state index contributed by atoms with van der Waals surface area (Å²) in [6.07, 6.45) is 1.47. The van der Waals surface area contributed by atoms with E-state index in [0.29, 0.717) is 13.0 Å². The molecular formula is C7H13N2O3P. The number of carbonyl (C=O) groups excluding carboxylic acids is 1. The highest BCUT2D eigenvalue weighted by Gasteiger charge is 2.23. The minimum absolute atomic E-state index is 0.215. The number of nitrogens with zero attached hydrogens (tertiary/aromatic N) is 1. The van der Waals surface area contributed by atoms with Gasteiger partial charge in [-0.15, -0.1) is 0 Å². The molecule has 1 unspecified atom stereocenters. The average molecular weight is 204 g/mol. The zero-order chi connectivity index (χ0) is 9.68. The van der Waals surface area contributed by atoms with E-state index in [9.17, 15) is 4.79 Å². The van der Waals surface area contributed by atoms with Gasteiger partial charge in [0.05, 0.1) is 15.2 Å². The second kappa shape index (κ2) is 5.14. The molecular weight excluding hydrogens is 191 g/mol. The number of hydrogen-bond acceptors (Lipinski definition) is 5. The van der Waals surface area contributed by atoms with E-state index in [4.69, 9.17) is 0 Å². The maximum Gasteiger partial charge on any atom is 0.325 e. The van der Waals surface area contributed by atoms with Crippen molar-refractivity contribution in [2.75, 3.05) is 13.7 Å². The van der Waals surface area contributed by atoms with Crippen LogP contribution in [-0.2, 0) is 14.2 Å². The number of oxime groups is 1. The molecule has 1 saturated heterocycles. The molecule has 0 aliphatic carbocycles. The smallest absolute Gasteiger partial charge is 0.325 e. The second-order valence-corrected chi connectivity index (χ2v) is 2.98. The first-order valence-electron chi connectivity index (χ1n) is 4.00. The van der Waals surface area contributed by atoms with Crippen molar-refractivity contribution < 1.29 is 14.2 Å². The lowest BCUT2D eigenvalue weighted by Crippen LogP contribution is -2.44. The van der Waals surface area contributed by atoms with Gasteiger partial charge in [-0.2, -0.15) is 0 Å². The van der Waals surface area contributed by atoms with Gasteiger partial charge in [-0.1, -0.05) is 5.16 Å². The minimum atomic E-state index is -0.249. The summed E-state index contributed by atoms with van der Waals surface area (Å²) >= 11 is 0. The molecule has 1 aliphatic rings. The number of carbonyl (C=O) groups is 1. The van der Waals surface area contributed by atoms with Crippen molar-refractivity contribution in [3.05, 3.63) is 0 Å². The standard InChI is InChI=1S/C7H13N2O3P/c1-11-9-5-2-3-6(8-4-5)7(10)12-13/h6,8H,2-4,13H2,1H3/t6-/m0/s1. The fourth-order valence-corrected chi connectivity index (χ4v) is 1.40. The highest BCUT2D eigenvalue weighted by Crippen LogP contribution is 2.08. The van der Waals surface area contributed by atoms with Crippen LogP contribution in [-0.4, -0.2) is 31.4 Å². The van der Waals surface area contributed by atoms with Gasteiger partial charge in [-0.05, 0) is 12.8 Å². The lowest BCUT2D eigenvalue weighted by atomic mass is 10.0. The van der Waals surface area contributed by atoms with Gasteiger partial charge in [-0.3, -0.25) is 10.1 Å². The Balaban J connectivity index is 2.39. The predicted octanol–water partition coefficient (Wildman–Crippen LogP) is 0.0741. The molecule has 5 nitrogen and oxygen atoms in total. The number of nitrogens with one attached hydrogen (secondary N) is 1. The predicted molar refractivity (Wildman–Crippen MR) is 51.3 cm³/mol. The van der Waals surface area contributed by atoms with E-state index in [-0.39, 0.29) is 12.0 Å². The first-order valence-corrected chi connectivity index (χ1v) is 4.48. The summed E-state index contributed by atoms with van der Waals surface area (Å²) in [5.41, 5.74) is 0.926. The van der Waals surface area contributed by atoms with Crippen LogP contribution in [0.3, 0.4) is 0 Å². The molecule has 2 atom stereocenters. The summed E-state index contributed by atoms with van der Waals surface area (Å²) < 4.78 is 4.53. The highest BCUT2D eigenvalue weighted by molar-refractivity contribution is 7.10. The van der Waals surface area contributed by atoms with Crippen molar-refractivity contribution >= 4 is 21.1 Å². The van der Waals surface area contributed by atoms with E-state index in [0.717, 1.165) is 12.1 Å². The Bertz CT molecular complexity index is 210. The zero-order valence-corrected chi connectivity index (χ0v) is 8.60. The quantitative estimate of drug-likeness (QED) is 0.511. The SMILES string of the molecule is CON=C1CC[C@@H](C(=O)OP)NC1. The van der Waals surface area contributed by atoms with Gasteiger partial charge < -0.3 is 9.36 Å². The fourth-order valence-electron chi connectivity index (χ4n) is 1.23. The summed E-state index contributed by atoms with van der Waals surface area (Å²) in [5, 5.41) is 6.81. The molecule has 74 valence electrons. The third-order valence-corrected chi connectivity index (χ3v) is 2.13. The van der Waals surface area contributed by atoms with E-state index in [1.54, 1.807) is 0 Å². The highest BCUT2D eigenvalue weighted by atomic mass is 31.0. The number of piperidine rings is 1. The summed E-state index contributed by atoms with van der Waals surface area (Å²) in [4.78, 5) is 15.7. The van der Waals surface area contributed by atoms with Crippen LogP contribution in [0.25, 0.3) is 0 Å². The zero-order valence-electron chi connectivity index (χ0n) is 7.45. The van der Waals surface area contributed by atoms with Gasteiger partial charge in [0.2, 0.25) is 0 Å². The van der Waals surface area contributed by atoms with Crippen LogP contribution >= 0.6 is 9.47 Å². The third kappa shape index (κ3) is 2.94. The van der Waals surface area contributed by atoms with Gasteiger partial charge in [0, 0.05) is 6.54 Å². The van der Waals surface area contributed by atoms with E-state index in [2.05, 4.69) is 19.8 Å². The maximum absolute atomic E-state index is 11.1. The molecule has 13 heavy (non-hydrogen) atoms.